The van der Waals surface area contributed by atoms with Crippen molar-refractivity contribution >= 4 is 29.1 Å². The molecule has 1 atom stereocenters. The average Bonchev–Trinajstić information content (AvgIpc) is 2.32. The number of benzene rings is 1. The van der Waals surface area contributed by atoms with Gasteiger partial charge in [0.2, 0.25) is 5.91 Å². The Morgan fingerprint density at radius 3 is 2.72 bits per heavy atom. The maximum atomic E-state index is 14.9. The fraction of sp³-hybridized carbons (Fsp3) is 0.462. The minimum atomic E-state index is -1.53. The van der Waals surface area contributed by atoms with E-state index < -0.39 is 5.67 Å². The molecule has 2 rings (SSSR count). The Kier molecular flexibility index (Phi) is 3.83. The molecule has 0 bridgehead atoms. The zero-order valence-electron chi connectivity index (χ0n) is 10.0. The van der Waals surface area contributed by atoms with Crippen LogP contribution < -0.4 is 0 Å². The first kappa shape index (κ1) is 13.6. The third-order valence-electron chi connectivity index (χ3n) is 3.32. The number of carbonyl (C=O) groups is 1. The maximum absolute atomic E-state index is 14.9. The van der Waals surface area contributed by atoms with Gasteiger partial charge in [-0.25, -0.2) is 4.39 Å². The van der Waals surface area contributed by atoms with Crippen molar-refractivity contribution in [1.29, 1.82) is 0 Å². The van der Waals surface area contributed by atoms with Crippen molar-refractivity contribution in [3.63, 3.8) is 0 Å². The Labute approximate surface area is 116 Å². The average molecular weight is 290 g/mol. The molecular weight excluding hydrogens is 276 g/mol. The van der Waals surface area contributed by atoms with Crippen LogP contribution in [0, 0.1) is 0 Å². The Morgan fingerprint density at radius 2 is 2.11 bits per heavy atom. The molecule has 1 aliphatic heterocycles. The predicted molar refractivity (Wildman–Crippen MR) is 70.7 cm³/mol. The van der Waals surface area contributed by atoms with Crippen molar-refractivity contribution in [3.05, 3.63) is 33.8 Å². The molecule has 0 aromatic heterocycles. The number of rotatable bonds is 1. The lowest BCUT2D eigenvalue weighted by molar-refractivity contribution is -0.133. The highest BCUT2D eigenvalue weighted by Gasteiger charge is 2.38. The summed E-state index contributed by atoms with van der Waals surface area (Å²) < 4.78 is 14.9. The van der Waals surface area contributed by atoms with E-state index in [1.165, 1.54) is 11.8 Å². The van der Waals surface area contributed by atoms with Gasteiger partial charge >= 0.3 is 0 Å². The standard InChI is InChI=1S/C13H14Cl2FNO/c1-9(18)17-6-2-5-13(16,8-17)10-3-4-11(14)12(15)7-10/h3-4,7H,2,5-6,8H2,1H3. The van der Waals surface area contributed by atoms with Crippen LogP contribution in [0.15, 0.2) is 18.2 Å². The van der Waals surface area contributed by atoms with Gasteiger partial charge in [0.05, 0.1) is 16.6 Å². The van der Waals surface area contributed by atoms with E-state index >= 15 is 0 Å². The normalized spacial score (nSPS) is 24.1. The van der Waals surface area contributed by atoms with Gasteiger partial charge in [0.1, 0.15) is 0 Å². The number of carbonyl (C=O) groups excluding carboxylic acids is 1. The summed E-state index contributed by atoms with van der Waals surface area (Å²) in [4.78, 5) is 12.9. The van der Waals surface area contributed by atoms with Crippen LogP contribution in [0.2, 0.25) is 10.0 Å². The largest absolute Gasteiger partial charge is 0.339 e. The topological polar surface area (TPSA) is 20.3 Å². The predicted octanol–water partition coefficient (Wildman–Crippen LogP) is 3.80. The second-order valence-corrected chi connectivity index (χ2v) is 5.45. The molecule has 1 aromatic carbocycles. The number of alkyl halides is 1. The summed E-state index contributed by atoms with van der Waals surface area (Å²) in [6, 6.07) is 4.78. The van der Waals surface area contributed by atoms with E-state index in [-0.39, 0.29) is 12.5 Å². The third kappa shape index (κ3) is 2.62. The lowest BCUT2D eigenvalue weighted by Crippen LogP contribution is -2.45. The van der Waals surface area contributed by atoms with Crippen molar-refractivity contribution in [1.82, 2.24) is 4.90 Å². The zero-order valence-corrected chi connectivity index (χ0v) is 11.6. The molecule has 1 fully saturated rings. The molecule has 1 saturated heterocycles. The molecule has 0 saturated carbocycles. The van der Waals surface area contributed by atoms with Crippen LogP contribution in [0.5, 0.6) is 0 Å². The van der Waals surface area contributed by atoms with Gasteiger partial charge in [0.15, 0.2) is 5.67 Å². The fourth-order valence-corrected chi connectivity index (χ4v) is 2.59. The van der Waals surface area contributed by atoms with Crippen LogP contribution in [-0.4, -0.2) is 23.9 Å². The number of amides is 1. The first-order valence-electron chi connectivity index (χ1n) is 5.82. The molecule has 2 nitrogen and oxygen atoms in total. The SMILES string of the molecule is CC(=O)N1CCCC(F)(c2ccc(Cl)c(Cl)c2)C1. The van der Waals surface area contributed by atoms with E-state index in [2.05, 4.69) is 0 Å². The summed E-state index contributed by atoms with van der Waals surface area (Å²) in [6.07, 6.45) is 1.05. The summed E-state index contributed by atoms with van der Waals surface area (Å²) in [7, 11) is 0. The van der Waals surface area contributed by atoms with E-state index in [0.717, 1.165) is 0 Å². The molecule has 1 aliphatic rings. The first-order valence-corrected chi connectivity index (χ1v) is 6.58. The van der Waals surface area contributed by atoms with Gasteiger partial charge in [-0.1, -0.05) is 29.3 Å². The minimum absolute atomic E-state index is 0.0836. The van der Waals surface area contributed by atoms with Crippen LogP contribution in [0.3, 0.4) is 0 Å². The van der Waals surface area contributed by atoms with E-state index in [1.807, 2.05) is 0 Å². The molecule has 1 amide bonds. The van der Waals surface area contributed by atoms with Crippen LogP contribution >= 0.6 is 23.2 Å². The molecule has 18 heavy (non-hydrogen) atoms. The van der Waals surface area contributed by atoms with Gasteiger partial charge in [-0.05, 0) is 30.5 Å². The van der Waals surface area contributed by atoms with Gasteiger partial charge < -0.3 is 4.90 Å². The number of nitrogens with zero attached hydrogens (tertiary/aromatic N) is 1. The molecule has 1 heterocycles. The summed E-state index contributed by atoms with van der Waals surface area (Å²) in [5, 5.41) is 0.745. The van der Waals surface area contributed by atoms with Crippen molar-refractivity contribution in [2.24, 2.45) is 0 Å². The number of likely N-dealkylation sites (tertiary alicyclic amines) is 1. The second-order valence-electron chi connectivity index (χ2n) is 4.64. The van der Waals surface area contributed by atoms with Gasteiger partial charge in [-0.3, -0.25) is 4.79 Å². The van der Waals surface area contributed by atoms with Crippen molar-refractivity contribution in [2.75, 3.05) is 13.1 Å². The zero-order chi connectivity index (χ0) is 13.3. The molecule has 0 aliphatic carbocycles. The van der Waals surface area contributed by atoms with Crippen LogP contribution in [0.4, 0.5) is 4.39 Å². The Morgan fingerprint density at radius 1 is 1.39 bits per heavy atom. The molecule has 1 aromatic rings. The van der Waals surface area contributed by atoms with Crippen LogP contribution in [0.25, 0.3) is 0 Å². The smallest absolute Gasteiger partial charge is 0.219 e. The van der Waals surface area contributed by atoms with Crippen molar-refractivity contribution in [3.8, 4) is 0 Å². The van der Waals surface area contributed by atoms with Gasteiger partial charge in [-0.2, -0.15) is 0 Å². The van der Waals surface area contributed by atoms with Gasteiger partial charge in [-0.15, -0.1) is 0 Å². The number of hydrogen-bond donors (Lipinski definition) is 0. The Hall–Kier alpha value is -0.800. The summed E-state index contributed by atoms with van der Waals surface area (Å²) >= 11 is 11.7. The Bertz CT molecular complexity index is 480. The fourth-order valence-electron chi connectivity index (χ4n) is 2.29. The van der Waals surface area contributed by atoms with Crippen molar-refractivity contribution in [2.45, 2.75) is 25.4 Å². The molecule has 0 spiro atoms. The van der Waals surface area contributed by atoms with Crippen molar-refractivity contribution < 1.29 is 9.18 Å². The minimum Gasteiger partial charge on any atom is -0.339 e. The van der Waals surface area contributed by atoms with Crippen LogP contribution in [0.1, 0.15) is 25.3 Å². The second kappa shape index (κ2) is 5.06. The molecule has 0 radical (unpaired) electrons. The molecule has 98 valence electrons. The molecule has 0 N–H and O–H groups in total. The highest BCUT2D eigenvalue weighted by atomic mass is 35.5. The molecule has 5 heteroatoms. The van der Waals surface area contributed by atoms with E-state index in [4.69, 9.17) is 23.2 Å². The van der Waals surface area contributed by atoms with Gasteiger partial charge in [0, 0.05) is 13.5 Å². The highest BCUT2D eigenvalue weighted by molar-refractivity contribution is 6.42. The lowest BCUT2D eigenvalue weighted by Gasteiger charge is -2.37. The van der Waals surface area contributed by atoms with E-state index in [0.29, 0.717) is 35.0 Å². The van der Waals surface area contributed by atoms with E-state index in [1.54, 1.807) is 18.2 Å². The lowest BCUT2D eigenvalue weighted by atomic mass is 9.87. The summed E-state index contributed by atoms with van der Waals surface area (Å²) in [5.41, 5.74) is -1.04. The van der Waals surface area contributed by atoms with Crippen LogP contribution in [-0.2, 0) is 10.5 Å². The van der Waals surface area contributed by atoms with Gasteiger partial charge in [0.25, 0.3) is 0 Å². The number of halogens is 3. The monoisotopic (exact) mass is 289 g/mol. The van der Waals surface area contributed by atoms with E-state index in [9.17, 15) is 9.18 Å². The highest BCUT2D eigenvalue weighted by Crippen LogP contribution is 2.38. The number of piperidine rings is 1. The quantitative estimate of drug-likeness (QED) is 0.770. The maximum Gasteiger partial charge on any atom is 0.219 e. The first-order chi connectivity index (χ1) is 8.42. The molecule has 1 unspecified atom stereocenters. The Balaban J connectivity index is 2.29. The number of hydrogen-bond acceptors (Lipinski definition) is 1. The third-order valence-corrected chi connectivity index (χ3v) is 4.06. The summed E-state index contributed by atoms with van der Waals surface area (Å²) in [5.74, 6) is -0.100. The molecular formula is C13H14Cl2FNO. The summed E-state index contributed by atoms with van der Waals surface area (Å²) in [6.45, 7) is 2.16.